The van der Waals surface area contributed by atoms with Crippen molar-refractivity contribution in [3.05, 3.63) is 29.8 Å². The van der Waals surface area contributed by atoms with Crippen molar-refractivity contribution < 1.29 is 4.79 Å². The number of hydrogen-bond acceptors (Lipinski definition) is 3. The van der Waals surface area contributed by atoms with Gasteiger partial charge in [-0.25, -0.2) is 4.99 Å². The van der Waals surface area contributed by atoms with Gasteiger partial charge >= 0.3 is 0 Å². The van der Waals surface area contributed by atoms with E-state index in [4.69, 9.17) is 4.99 Å². The van der Waals surface area contributed by atoms with Gasteiger partial charge in [-0.15, -0.1) is 0 Å². The molecule has 1 unspecified atom stereocenters. The molecule has 0 radical (unpaired) electrons. The van der Waals surface area contributed by atoms with E-state index in [1.165, 1.54) is 25.8 Å². The minimum absolute atomic E-state index is 0.152. The van der Waals surface area contributed by atoms with Crippen molar-refractivity contribution in [1.29, 1.82) is 0 Å². The molecule has 1 saturated carbocycles. The number of carbonyl (C=O) groups is 1. The number of amides is 1. The first kappa shape index (κ1) is 20.6. The fourth-order valence-corrected chi connectivity index (χ4v) is 3.93. The number of anilines is 1. The van der Waals surface area contributed by atoms with Crippen LogP contribution in [-0.4, -0.2) is 49.0 Å². The maximum atomic E-state index is 12.2. The van der Waals surface area contributed by atoms with Gasteiger partial charge in [0.05, 0.1) is 6.54 Å². The van der Waals surface area contributed by atoms with Gasteiger partial charge < -0.3 is 16.0 Å². The van der Waals surface area contributed by atoms with Crippen molar-refractivity contribution in [1.82, 2.24) is 15.5 Å². The van der Waals surface area contributed by atoms with Crippen molar-refractivity contribution in [2.75, 3.05) is 31.5 Å². The van der Waals surface area contributed by atoms with E-state index in [2.05, 4.69) is 40.8 Å². The van der Waals surface area contributed by atoms with Gasteiger partial charge in [0.15, 0.2) is 5.96 Å². The van der Waals surface area contributed by atoms with Crippen LogP contribution in [0.1, 0.15) is 51.5 Å². The summed E-state index contributed by atoms with van der Waals surface area (Å²) in [5.74, 6) is 1.21. The van der Waals surface area contributed by atoms with E-state index in [0.29, 0.717) is 12.6 Å². The van der Waals surface area contributed by atoms with Crippen molar-refractivity contribution in [3.63, 3.8) is 0 Å². The number of guanidine groups is 1. The molecule has 1 heterocycles. The second kappa shape index (κ2) is 10.5. The number of nitrogens with one attached hydrogen (secondary N) is 3. The summed E-state index contributed by atoms with van der Waals surface area (Å²) in [6.45, 7) is 8.98. The molecule has 1 aliphatic heterocycles. The molecule has 1 atom stereocenters. The lowest BCUT2D eigenvalue weighted by Gasteiger charge is -2.24. The van der Waals surface area contributed by atoms with Gasteiger partial charge in [-0.1, -0.05) is 25.5 Å². The van der Waals surface area contributed by atoms with Gasteiger partial charge in [0.1, 0.15) is 0 Å². The third kappa shape index (κ3) is 5.71. The Labute approximate surface area is 169 Å². The lowest BCUT2D eigenvalue weighted by atomic mass is 9.85. The number of likely N-dealkylation sites (tertiary alicyclic amines) is 1. The maximum absolute atomic E-state index is 12.2. The first-order valence-corrected chi connectivity index (χ1v) is 10.9. The van der Waals surface area contributed by atoms with Crippen molar-refractivity contribution in [2.45, 2.75) is 58.5 Å². The normalized spacial score (nSPS) is 20.6. The summed E-state index contributed by atoms with van der Waals surface area (Å²) in [6.07, 6.45) is 5.74. The Bertz CT molecular complexity index is 671. The molecule has 3 N–H and O–H groups in total. The number of rotatable bonds is 8. The minimum Gasteiger partial charge on any atom is -0.357 e. The molecule has 6 heteroatoms. The molecule has 2 aliphatic rings. The minimum atomic E-state index is 0.152. The third-order valence-corrected chi connectivity index (χ3v) is 5.84. The Kier molecular flexibility index (Phi) is 7.71. The molecule has 6 nitrogen and oxygen atoms in total. The number of hydrogen-bond donors (Lipinski definition) is 3. The van der Waals surface area contributed by atoms with Gasteiger partial charge in [0.25, 0.3) is 0 Å². The standard InChI is InChI=1S/C22H35N5O/c1-3-23-22(25-16-20-12-7-13-27(20)4-2)24-15-17-8-5-11-19(14-17)26-21(28)18-9-6-10-18/h5,8,11,14,18,20H,3-4,6-7,9-10,12-13,15-16H2,1-2H3,(H,26,28)(H2,23,24,25). The average Bonchev–Trinajstić information content (AvgIpc) is 3.10. The highest BCUT2D eigenvalue weighted by molar-refractivity contribution is 5.93. The largest absolute Gasteiger partial charge is 0.357 e. The average molecular weight is 386 g/mol. The summed E-state index contributed by atoms with van der Waals surface area (Å²) in [6, 6.07) is 8.62. The number of benzene rings is 1. The molecule has 2 fully saturated rings. The molecule has 1 aliphatic carbocycles. The van der Waals surface area contributed by atoms with Gasteiger partial charge in [-0.2, -0.15) is 0 Å². The molecule has 28 heavy (non-hydrogen) atoms. The van der Waals surface area contributed by atoms with E-state index < -0.39 is 0 Å². The summed E-state index contributed by atoms with van der Waals surface area (Å²) in [4.78, 5) is 19.4. The fourth-order valence-electron chi connectivity index (χ4n) is 3.93. The van der Waals surface area contributed by atoms with E-state index in [1.54, 1.807) is 0 Å². The first-order chi connectivity index (χ1) is 13.7. The van der Waals surface area contributed by atoms with Gasteiger partial charge in [-0.05, 0) is 63.4 Å². The van der Waals surface area contributed by atoms with Crippen LogP contribution in [0.4, 0.5) is 5.69 Å². The quantitative estimate of drug-likeness (QED) is 0.475. The highest BCUT2D eigenvalue weighted by atomic mass is 16.1. The van der Waals surface area contributed by atoms with Gasteiger partial charge in [0.2, 0.25) is 5.91 Å². The summed E-state index contributed by atoms with van der Waals surface area (Å²) >= 11 is 0. The molecule has 0 bridgehead atoms. The number of likely N-dealkylation sites (N-methyl/N-ethyl adjacent to an activating group) is 1. The lowest BCUT2D eigenvalue weighted by molar-refractivity contribution is -0.122. The van der Waals surface area contributed by atoms with E-state index in [-0.39, 0.29) is 11.8 Å². The zero-order chi connectivity index (χ0) is 19.8. The summed E-state index contributed by atoms with van der Waals surface area (Å²) in [7, 11) is 0. The van der Waals surface area contributed by atoms with E-state index in [1.807, 2.05) is 18.2 Å². The van der Waals surface area contributed by atoms with Crippen LogP contribution in [-0.2, 0) is 11.3 Å². The summed E-state index contributed by atoms with van der Waals surface area (Å²) < 4.78 is 0. The van der Waals surface area contributed by atoms with E-state index in [9.17, 15) is 4.79 Å². The summed E-state index contributed by atoms with van der Waals surface area (Å²) in [5, 5.41) is 9.89. The number of aliphatic imine (C=N–C) groups is 1. The van der Waals surface area contributed by atoms with Crippen LogP contribution in [0.5, 0.6) is 0 Å². The second-order valence-electron chi connectivity index (χ2n) is 7.82. The smallest absolute Gasteiger partial charge is 0.227 e. The van der Waals surface area contributed by atoms with Gasteiger partial charge in [0, 0.05) is 30.7 Å². The molecule has 3 rings (SSSR count). The van der Waals surface area contributed by atoms with E-state index in [0.717, 1.165) is 49.7 Å². The zero-order valence-electron chi connectivity index (χ0n) is 17.3. The van der Waals surface area contributed by atoms with E-state index >= 15 is 0 Å². The highest BCUT2D eigenvalue weighted by Crippen LogP contribution is 2.27. The molecule has 1 aromatic rings. The fraction of sp³-hybridized carbons (Fsp3) is 0.636. The topological polar surface area (TPSA) is 68.8 Å². The SMILES string of the molecule is CCNC(=NCc1cccc(NC(=O)C2CCC2)c1)NCC1CCCN1CC. The van der Waals surface area contributed by atoms with Crippen LogP contribution >= 0.6 is 0 Å². The van der Waals surface area contributed by atoms with Crippen LogP contribution in [0.2, 0.25) is 0 Å². The second-order valence-corrected chi connectivity index (χ2v) is 7.82. The van der Waals surface area contributed by atoms with Gasteiger partial charge in [-0.3, -0.25) is 9.69 Å². The number of carbonyl (C=O) groups excluding carboxylic acids is 1. The molecule has 1 saturated heterocycles. The predicted octanol–water partition coefficient (Wildman–Crippen LogP) is 2.96. The maximum Gasteiger partial charge on any atom is 0.227 e. The zero-order valence-corrected chi connectivity index (χ0v) is 17.3. The molecule has 0 spiro atoms. The van der Waals surface area contributed by atoms with Crippen LogP contribution in [0.15, 0.2) is 29.3 Å². The predicted molar refractivity (Wildman–Crippen MR) is 116 cm³/mol. The Morgan fingerprint density at radius 1 is 1.18 bits per heavy atom. The molecular weight excluding hydrogens is 350 g/mol. The molecule has 154 valence electrons. The monoisotopic (exact) mass is 385 g/mol. The Hall–Kier alpha value is -2.08. The Morgan fingerprint density at radius 3 is 2.75 bits per heavy atom. The first-order valence-electron chi connectivity index (χ1n) is 10.9. The molecule has 1 amide bonds. The Morgan fingerprint density at radius 2 is 2.04 bits per heavy atom. The van der Waals surface area contributed by atoms with Crippen LogP contribution < -0.4 is 16.0 Å². The molecular formula is C22H35N5O. The molecule has 0 aromatic heterocycles. The number of nitrogens with zero attached hydrogens (tertiary/aromatic N) is 2. The summed E-state index contributed by atoms with van der Waals surface area (Å²) in [5.41, 5.74) is 1.96. The van der Waals surface area contributed by atoms with Crippen molar-refractivity contribution in [3.8, 4) is 0 Å². The lowest BCUT2D eigenvalue weighted by Crippen LogP contribution is -2.44. The molecule has 1 aromatic carbocycles. The van der Waals surface area contributed by atoms with Crippen LogP contribution in [0, 0.1) is 5.92 Å². The third-order valence-electron chi connectivity index (χ3n) is 5.84. The Balaban J connectivity index is 1.54. The van der Waals surface area contributed by atoms with Crippen LogP contribution in [0.25, 0.3) is 0 Å². The highest BCUT2D eigenvalue weighted by Gasteiger charge is 2.25. The van der Waals surface area contributed by atoms with Crippen molar-refractivity contribution in [2.24, 2.45) is 10.9 Å². The van der Waals surface area contributed by atoms with Crippen molar-refractivity contribution >= 4 is 17.6 Å². The van der Waals surface area contributed by atoms with Crippen LogP contribution in [0.3, 0.4) is 0 Å².